The monoisotopic (exact) mass is 305 g/mol. The fourth-order valence-corrected chi connectivity index (χ4v) is 4.60. The number of likely N-dealkylation sites (tertiary alicyclic amines) is 1. The van der Waals surface area contributed by atoms with Crippen molar-refractivity contribution in [1.29, 1.82) is 0 Å². The molecule has 21 heavy (non-hydrogen) atoms. The maximum absolute atomic E-state index is 12.5. The predicted molar refractivity (Wildman–Crippen MR) is 87.5 cm³/mol. The number of thioether (sulfide) groups is 1. The van der Waals surface area contributed by atoms with E-state index in [2.05, 4.69) is 36.1 Å². The molecule has 0 unspecified atom stereocenters. The van der Waals surface area contributed by atoms with Crippen LogP contribution in [0.4, 0.5) is 0 Å². The summed E-state index contributed by atoms with van der Waals surface area (Å²) in [6.07, 6.45) is 2.69. The average molecular weight is 305 g/mol. The first-order valence-electron chi connectivity index (χ1n) is 8.01. The fourth-order valence-electron chi connectivity index (χ4n) is 3.29. The van der Waals surface area contributed by atoms with Crippen LogP contribution in [0.3, 0.4) is 0 Å². The van der Waals surface area contributed by atoms with Crippen LogP contribution in [-0.2, 0) is 4.79 Å². The molecule has 1 aromatic rings. The SMILES string of the molecule is Cc1ccc([C@H]2S[C@H](C)C(=O)N2CC[NH+]2CCCC2)cc1. The number of carbonyl (C=O) groups is 1. The van der Waals surface area contributed by atoms with Crippen LogP contribution in [0.25, 0.3) is 0 Å². The van der Waals surface area contributed by atoms with Crippen LogP contribution in [0.15, 0.2) is 24.3 Å². The minimum atomic E-state index is 0.0879. The maximum atomic E-state index is 12.5. The van der Waals surface area contributed by atoms with Crippen molar-refractivity contribution in [2.45, 2.75) is 37.3 Å². The summed E-state index contributed by atoms with van der Waals surface area (Å²) in [7, 11) is 0. The number of nitrogens with zero attached hydrogens (tertiary/aromatic N) is 1. The zero-order valence-electron chi connectivity index (χ0n) is 13.0. The van der Waals surface area contributed by atoms with Gasteiger partial charge in [0, 0.05) is 12.8 Å². The van der Waals surface area contributed by atoms with Gasteiger partial charge in [-0.2, -0.15) is 0 Å². The summed E-state index contributed by atoms with van der Waals surface area (Å²) in [5.41, 5.74) is 2.54. The van der Waals surface area contributed by atoms with Gasteiger partial charge in [0.25, 0.3) is 0 Å². The van der Waals surface area contributed by atoms with Gasteiger partial charge in [-0.25, -0.2) is 0 Å². The molecule has 0 saturated carbocycles. The number of hydrogen-bond donors (Lipinski definition) is 1. The van der Waals surface area contributed by atoms with Crippen molar-refractivity contribution in [2.75, 3.05) is 26.2 Å². The number of amides is 1. The van der Waals surface area contributed by atoms with Gasteiger partial charge in [0.05, 0.1) is 31.4 Å². The summed E-state index contributed by atoms with van der Waals surface area (Å²) in [4.78, 5) is 16.2. The van der Waals surface area contributed by atoms with Crippen molar-refractivity contribution in [2.24, 2.45) is 0 Å². The van der Waals surface area contributed by atoms with Crippen LogP contribution < -0.4 is 4.90 Å². The molecule has 1 amide bonds. The van der Waals surface area contributed by atoms with E-state index in [-0.39, 0.29) is 10.6 Å². The Morgan fingerprint density at radius 3 is 2.57 bits per heavy atom. The first-order valence-corrected chi connectivity index (χ1v) is 8.95. The molecule has 0 aliphatic carbocycles. The third-order valence-electron chi connectivity index (χ3n) is 4.63. The summed E-state index contributed by atoms with van der Waals surface area (Å²) in [5, 5.41) is 0.292. The Bertz CT molecular complexity index is 496. The highest BCUT2D eigenvalue weighted by Crippen LogP contribution is 2.42. The molecule has 2 atom stereocenters. The summed E-state index contributed by atoms with van der Waals surface area (Å²) < 4.78 is 0. The molecule has 0 bridgehead atoms. The van der Waals surface area contributed by atoms with Crippen molar-refractivity contribution >= 4 is 17.7 Å². The molecule has 0 spiro atoms. The van der Waals surface area contributed by atoms with Gasteiger partial charge >= 0.3 is 0 Å². The molecule has 2 fully saturated rings. The van der Waals surface area contributed by atoms with E-state index in [1.54, 1.807) is 16.7 Å². The van der Waals surface area contributed by atoms with E-state index in [0.29, 0.717) is 5.91 Å². The highest BCUT2D eigenvalue weighted by molar-refractivity contribution is 8.01. The summed E-state index contributed by atoms with van der Waals surface area (Å²) >= 11 is 1.79. The van der Waals surface area contributed by atoms with E-state index in [1.807, 2.05) is 6.92 Å². The molecule has 0 aromatic heterocycles. The summed E-state index contributed by atoms with van der Waals surface area (Å²) in [6.45, 7) is 8.69. The molecule has 2 heterocycles. The smallest absolute Gasteiger partial charge is 0.236 e. The number of quaternary nitrogens is 1. The van der Waals surface area contributed by atoms with Crippen molar-refractivity contribution in [3.63, 3.8) is 0 Å². The molecule has 1 aromatic carbocycles. The van der Waals surface area contributed by atoms with E-state index < -0.39 is 0 Å². The molecule has 2 aliphatic heterocycles. The van der Waals surface area contributed by atoms with E-state index in [4.69, 9.17) is 0 Å². The van der Waals surface area contributed by atoms with Crippen LogP contribution in [0, 0.1) is 6.92 Å². The number of carbonyl (C=O) groups excluding carboxylic acids is 1. The normalized spacial score (nSPS) is 26.8. The van der Waals surface area contributed by atoms with Gasteiger partial charge in [-0.15, -0.1) is 11.8 Å². The van der Waals surface area contributed by atoms with Crippen LogP contribution in [0.2, 0.25) is 0 Å². The minimum Gasteiger partial charge on any atom is -0.333 e. The fraction of sp³-hybridized carbons (Fsp3) is 0.588. The predicted octanol–water partition coefficient (Wildman–Crippen LogP) is 1.64. The van der Waals surface area contributed by atoms with Gasteiger partial charge in [-0.05, 0) is 19.4 Å². The number of benzene rings is 1. The lowest BCUT2D eigenvalue weighted by Crippen LogP contribution is -3.10. The first kappa shape index (κ1) is 14.9. The second-order valence-corrected chi connectivity index (χ2v) is 7.71. The molecule has 1 N–H and O–H groups in total. The highest BCUT2D eigenvalue weighted by atomic mass is 32.2. The van der Waals surface area contributed by atoms with Gasteiger partial charge in [-0.1, -0.05) is 29.8 Å². The standard InChI is InChI=1S/C17H24N2OS/c1-13-5-7-15(8-6-13)17-19(16(20)14(2)21-17)12-11-18-9-3-4-10-18/h5-8,14,17H,3-4,9-12H2,1-2H3/p+1/t14-,17-/m1/s1. The molecular weight excluding hydrogens is 280 g/mol. The van der Waals surface area contributed by atoms with Crippen molar-refractivity contribution in [3.05, 3.63) is 35.4 Å². The zero-order chi connectivity index (χ0) is 14.8. The van der Waals surface area contributed by atoms with Crippen LogP contribution >= 0.6 is 11.8 Å². The summed E-state index contributed by atoms with van der Waals surface area (Å²) in [6, 6.07) is 8.64. The lowest BCUT2D eigenvalue weighted by Gasteiger charge is -2.25. The molecule has 2 aliphatic rings. The third-order valence-corrected chi connectivity index (χ3v) is 6.02. The molecule has 0 radical (unpaired) electrons. The molecule has 2 saturated heterocycles. The van der Waals surface area contributed by atoms with Crippen molar-refractivity contribution < 1.29 is 9.69 Å². The second kappa shape index (κ2) is 6.41. The summed E-state index contributed by atoms with van der Waals surface area (Å²) in [5.74, 6) is 0.309. The first-order chi connectivity index (χ1) is 10.1. The second-order valence-electron chi connectivity index (χ2n) is 6.28. The number of aryl methyl sites for hydroxylation is 1. The van der Waals surface area contributed by atoms with E-state index in [0.717, 1.165) is 13.1 Å². The Labute approximate surface area is 131 Å². The van der Waals surface area contributed by atoms with Crippen molar-refractivity contribution in [1.82, 2.24) is 4.90 Å². The van der Waals surface area contributed by atoms with Gasteiger partial charge in [0.1, 0.15) is 5.37 Å². The van der Waals surface area contributed by atoms with Gasteiger partial charge < -0.3 is 9.80 Å². The topological polar surface area (TPSA) is 24.8 Å². The largest absolute Gasteiger partial charge is 0.333 e. The Morgan fingerprint density at radius 2 is 1.90 bits per heavy atom. The molecule has 114 valence electrons. The minimum absolute atomic E-state index is 0.0879. The third kappa shape index (κ3) is 3.27. The Kier molecular flexibility index (Phi) is 4.55. The quantitative estimate of drug-likeness (QED) is 0.915. The Balaban J connectivity index is 1.71. The van der Waals surface area contributed by atoms with Gasteiger partial charge in [0.15, 0.2) is 0 Å². The van der Waals surface area contributed by atoms with Gasteiger partial charge in [0.2, 0.25) is 5.91 Å². The molecule has 3 nitrogen and oxygen atoms in total. The highest BCUT2D eigenvalue weighted by Gasteiger charge is 2.38. The molecular formula is C17H25N2OS+. The zero-order valence-corrected chi connectivity index (χ0v) is 13.8. The number of nitrogens with one attached hydrogen (secondary N) is 1. The lowest BCUT2D eigenvalue weighted by molar-refractivity contribution is -0.886. The Hall–Kier alpha value is -1.00. The molecule has 3 rings (SSSR count). The van der Waals surface area contributed by atoms with E-state index in [1.165, 1.54) is 37.1 Å². The van der Waals surface area contributed by atoms with Crippen LogP contribution in [0.1, 0.15) is 36.3 Å². The lowest BCUT2D eigenvalue weighted by atomic mass is 10.1. The van der Waals surface area contributed by atoms with E-state index in [9.17, 15) is 4.79 Å². The van der Waals surface area contributed by atoms with Crippen LogP contribution in [0.5, 0.6) is 0 Å². The van der Waals surface area contributed by atoms with Crippen molar-refractivity contribution in [3.8, 4) is 0 Å². The van der Waals surface area contributed by atoms with Gasteiger partial charge in [-0.3, -0.25) is 4.79 Å². The molecule has 4 heteroatoms. The number of hydrogen-bond acceptors (Lipinski definition) is 2. The van der Waals surface area contributed by atoms with E-state index >= 15 is 0 Å². The average Bonchev–Trinajstić information content (AvgIpc) is 3.08. The number of rotatable bonds is 4. The Morgan fingerprint density at radius 1 is 1.24 bits per heavy atom. The maximum Gasteiger partial charge on any atom is 0.236 e. The van der Waals surface area contributed by atoms with Crippen LogP contribution in [-0.4, -0.2) is 42.2 Å².